The van der Waals surface area contributed by atoms with E-state index in [1.807, 2.05) is 39.0 Å². The van der Waals surface area contributed by atoms with Crippen molar-refractivity contribution in [3.63, 3.8) is 0 Å². The summed E-state index contributed by atoms with van der Waals surface area (Å²) < 4.78 is 47.3. The normalized spacial score (nSPS) is 12.2. The second-order valence-corrected chi connectivity index (χ2v) is 9.63. The molecule has 1 atom stereocenters. The highest BCUT2D eigenvalue weighted by molar-refractivity contribution is 7.92. The number of carbonyl (C=O) groups excluding carboxylic acids is 1. The number of nitrogens with zero attached hydrogens (tertiary/aromatic N) is 1. The smallest absolute Gasteiger partial charge is 0.264 e. The van der Waals surface area contributed by atoms with E-state index in [1.165, 1.54) is 49.6 Å². The van der Waals surface area contributed by atoms with Gasteiger partial charge in [0.25, 0.3) is 10.0 Å². The van der Waals surface area contributed by atoms with Crippen LogP contribution >= 0.6 is 0 Å². The average molecular weight is 471 g/mol. The summed E-state index contributed by atoms with van der Waals surface area (Å²) in [5, 5.41) is 2.82. The van der Waals surface area contributed by atoms with Crippen LogP contribution in [0.4, 0.5) is 10.1 Å². The highest BCUT2D eigenvalue weighted by Gasteiger charge is 2.29. The van der Waals surface area contributed by atoms with E-state index in [9.17, 15) is 17.6 Å². The molecule has 0 aliphatic heterocycles. The van der Waals surface area contributed by atoms with Crippen molar-refractivity contribution in [3.8, 4) is 5.75 Å². The Bertz CT molecular complexity index is 1240. The van der Waals surface area contributed by atoms with Gasteiger partial charge in [-0.1, -0.05) is 30.3 Å². The Labute approximate surface area is 194 Å². The van der Waals surface area contributed by atoms with Crippen LogP contribution < -0.4 is 14.4 Å². The van der Waals surface area contributed by atoms with Crippen LogP contribution in [-0.2, 0) is 14.8 Å². The van der Waals surface area contributed by atoms with Gasteiger partial charge in [0.1, 0.15) is 18.1 Å². The van der Waals surface area contributed by atoms with E-state index in [2.05, 4.69) is 5.32 Å². The van der Waals surface area contributed by atoms with Gasteiger partial charge in [-0.15, -0.1) is 0 Å². The van der Waals surface area contributed by atoms with Gasteiger partial charge in [0.05, 0.1) is 23.7 Å². The fourth-order valence-corrected chi connectivity index (χ4v) is 4.79. The van der Waals surface area contributed by atoms with Crippen LogP contribution in [0, 0.1) is 19.7 Å². The number of rotatable bonds is 8. The number of sulfonamides is 1. The van der Waals surface area contributed by atoms with E-state index >= 15 is 0 Å². The summed E-state index contributed by atoms with van der Waals surface area (Å²) in [4.78, 5) is 12.8. The first-order valence-electron chi connectivity index (χ1n) is 10.4. The predicted molar refractivity (Wildman–Crippen MR) is 126 cm³/mol. The number of halogens is 1. The molecule has 0 heterocycles. The third-order valence-corrected chi connectivity index (χ3v) is 7.24. The van der Waals surface area contributed by atoms with E-state index in [-0.39, 0.29) is 16.6 Å². The van der Waals surface area contributed by atoms with E-state index in [0.29, 0.717) is 5.75 Å². The Morgan fingerprint density at radius 2 is 1.70 bits per heavy atom. The summed E-state index contributed by atoms with van der Waals surface area (Å²) in [6, 6.07) is 16.7. The summed E-state index contributed by atoms with van der Waals surface area (Å²) in [5.74, 6) is -0.822. The molecule has 0 radical (unpaired) electrons. The van der Waals surface area contributed by atoms with E-state index in [1.54, 1.807) is 0 Å². The number of hydrogen-bond acceptors (Lipinski definition) is 4. The van der Waals surface area contributed by atoms with Gasteiger partial charge in [0, 0.05) is 0 Å². The SMILES string of the molecule is COc1ccc(S(=O)(=O)N(CC(=O)NC(C)c2ccc(C)c(C)c2)c2ccccc2F)cc1. The predicted octanol–water partition coefficient (Wildman–Crippen LogP) is 4.52. The number of carbonyl (C=O) groups is 1. The lowest BCUT2D eigenvalue weighted by atomic mass is 10.0. The molecular formula is C25H27FN2O4S. The number of para-hydroxylation sites is 1. The molecule has 0 aliphatic rings. The zero-order chi connectivity index (χ0) is 24.2. The van der Waals surface area contributed by atoms with Crippen molar-refractivity contribution < 1.29 is 22.3 Å². The highest BCUT2D eigenvalue weighted by Crippen LogP contribution is 2.27. The molecule has 3 aromatic carbocycles. The standard InChI is InChI=1S/C25H27FN2O4S/c1-17-9-10-20(15-18(17)2)19(3)27-25(29)16-28(24-8-6-5-7-23(24)26)33(30,31)22-13-11-21(32-4)12-14-22/h5-15,19H,16H2,1-4H3,(H,27,29). The van der Waals surface area contributed by atoms with Crippen LogP contribution in [0.1, 0.15) is 29.7 Å². The summed E-state index contributed by atoms with van der Waals surface area (Å²) in [6.45, 7) is 5.21. The minimum Gasteiger partial charge on any atom is -0.497 e. The monoisotopic (exact) mass is 470 g/mol. The summed E-state index contributed by atoms with van der Waals surface area (Å²) >= 11 is 0. The molecule has 0 aliphatic carbocycles. The van der Waals surface area contributed by atoms with Crippen molar-refractivity contribution in [2.24, 2.45) is 0 Å². The third-order valence-electron chi connectivity index (χ3n) is 5.46. The topological polar surface area (TPSA) is 75.7 Å². The van der Waals surface area contributed by atoms with Crippen LogP contribution in [0.25, 0.3) is 0 Å². The van der Waals surface area contributed by atoms with Gasteiger partial charge in [-0.2, -0.15) is 0 Å². The number of methoxy groups -OCH3 is 1. The van der Waals surface area contributed by atoms with Gasteiger partial charge < -0.3 is 10.1 Å². The minimum absolute atomic E-state index is 0.0819. The highest BCUT2D eigenvalue weighted by atomic mass is 32.2. The lowest BCUT2D eigenvalue weighted by Gasteiger charge is -2.25. The first-order chi connectivity index (χ1) is 15.6. The Hall–Kier alpha value is -3.39. The number of anilines is 1. The molecule has 0 fully saturated rings. The molecule has 1 N–H and O–H groups in total. The molecule has 3 aromatic rings. The van der Waals surface area contributed by atoms with Crippen LogP contribution in [0.3, 0.4) is 0 Å². The van der Waals surface area contributed by atoms with Gasteiger partial charge in [-0.3, -0.25) is 9.10 Å². The zero-order valence-corrected chi connectivity index (χ0v) is 19.8. The van der Waals surface area contributed by atoms with Crippen molar-refractivity contribution in [1.82, 2.24) is 5.32 Å². The van der Waals surface area contributed by atoms with Crippen LogP contribution in [0.15, 0.2) is 71.6 Å². The quantitative estimate of drug-likeness (QED) is 0.525. The molecule has 8 heteroatoms. The second-order valence-electron chi connectivity index (χ2n) is 7.77. The third kappa shape index (κ3) is 5.51. The van der Waals surface area contributed by atoms with Gasteiger partial charge in [0.15, 0.2) is 0 Å². The molecule has 1 unspecified atom stereocenters. The van der Waals surface area contributed by atoms with Crippen LogP contribution in [-0.4, -0.2) is 28.0 Å². The first kappa shape index (κ1) is 24.3. The van der Waals surface area contributed by atoms with Gasteiger partial charge >= 0.3 is 0 Å². The molecule has 0 bridgehead atoms. The molecule has 33 heavy (non-hydrogen) atoms. The largest absolute Gasteiger partial charge is 0.497 e. The first-order valence-corrected chi connectivity index (χ1v) is 11.9. The number of amides is 1. The number of hydrogen-bond donors (Lipinski definition) is 1. The molecule has 0 aromatic heterocycles. The minimum atomic E-state index is -4.23. The Morgan fingerprint density at radius 1 is 1.03 bits per heavy atom. The van der Waals surface area contributed by atoms with Gasteiger partial charge in [-0.25, -0.2) is 12.8 Å². The van der Waals surface area contributed by atoms with Crippen molar-refractivity contribution >= 4 is 21.6 Å². The molecule has 0 saturated heterocycles. The summed E-state index contributed by atoms with van der Waals surface area (Å²) in [7, 11) is -2.76. The number of ether oxygens (including phenoxy) is 1. The molecular weight excluding hydrogens is 443 g/mol. The van der Waals surface area contributed by atoms with Crippen molar-refractivity contribution in [1.29, 1.82) is 0 Å². The van der Waals surface area contributed by atoms with E-state index < -0.39 is 28.3 Å². The molecule has 0 saturated carbocycles. The zero-order valence-electron chi connectivity index (χ0n) is 19.0. The maximum absolute atomic E-state index is 14.6. The van der Waals surface area contributed by atoms with Gasteiger partial charge in [0.2, 0.25) is 5.91 Å². The summed E-state index contributed by atoms with van der Waals surface area (Å²) in [6.07, 6.45) is 0. The van der Waals surface area contributed by atoms with Crippen LogP contribution in [0.5, 0.6) is 5.75 Å². The Kier molecular flexibility index (Phi) is 7.38. The average Bonchev–Trinajstić information content (AvgIpc) is 2.79. The van der Waals surface area contributed by atoms with E-state index in [4.69, 9.17) is 4.74 Å². The van der Waals surface area contributed by atoms with Crippen molar-refractivity contribution in [2.75, 3.05) is 18.0 Å². The fraction of sp³-hybridized carbons (Fsp3) is 0.240. The van der Waals surface area contributed by atoms with E-state index in [0.717, 1.165) is 27.1 Å². The fourth-order valence-electron chi connectivity index (χ4n) is 3.36. The Balaban J connectivity index is 1.90. The lowest BCUT2D eigenvalue weighted by Crippen LogP contribution is -2.42. The van der Waals surface area contributed by atoms with Crippen molar-refractivity contribution in [2.45, 2.75) is 31.7 Å². The van der Waals surface area contributed by atoms with Crippen molar-refractivity contribution in [3.05, 3.63) is 89.2 Å². The molecule has 3 rings (SSSR count). The molecule has 174 valence electrons. The number of aryl methyl sites for hydroxylation is 2. The second kappa shape index (κ2) is 10.0. The number of nitrogens with one attached hydrogen (secondary N) is 1. The summed E-state index contributed by atoms with van der Waals surface area (Å²) in [5.41, 5.74) is 2.90. The lowest BCUT2D eigenvalue weighted by molar-refractivity contribution is -0.120. The van der Waals surface area contributed by atoms with Gasteiger partial charge in [-0.05, 0) is 73.9 Å². The molecule has 1 amide bonds. The van der Waals surface area contributed by atoms with Crippen LogP contribution in [0.2, 0.25) is 0 Å². The molecule has 6 nitrogen and oxygen atoms in total. The Morgan fingerprint density at radius 3 is 2.30 bits per heavy atom. The number of benzene rings is 3. The molecule has 0 spiro atoms. The maximum Gasteiger partial charge on any atom is 0.264 e. The maximum atomic E-state index is 14.6.